The van der Waals surface area contributed by atoms with Crippen molar-refractivity contribution in [3.8, 4) is 11.5 Å². The normalized spacial score (nSPS) is 16.1. The topological polar surface area (TPSA) is 47.0 Å². The molecular formula is C15H16ClN3O. The number of aromatic nitrogens is 2. The standard InChI is InChI=1S/C15H16ClN3O/c16-12-2-1-3-13(8-12)20-14-9-18-15(19-10-14)11-4-6-17-7-5-11/h1-3,8-11,17H,4-7H2. The van der Waals surface area contributed by atoms with Crippen LogP contribution in [0.15, 0.2) is 36.7 Å². The Morgan fingerprint density at radius 3 is 2.55 bits per heavy atom. The largest absolute Gasteiger partial charge is 0.454 e. The fraction of sp³-hybridized carbons (Fsp3) is 0.333. The molecule has 20 heavy (non-hydrogen) atoms. The van der Waals surface area contributed by atoms with E-state index >= 15 is 0 Å². The summed E-state index contributed by atoms with van der Waals surface area (Å²) in [5.74, 6) is 2.68. The van der Waals surface area contributed by atoms with Gasteiger partial charge < -0.3 is 10.1 Å². The van der Waals surface area contributed by atoms with E-state index in [1.807, 2.05) is 18.2 Å². The third kappa shape index (κ3) is 3.26. The molecule has 0 unspecified atom stereocenters. The molecule has 4 nitrogen and oxygen atoms in total. The van der Waals surface area contributed by atoms with Crippen LogP contribution in [0.2, 0.25) is 5.02 Å². The van der Waals surface area contributed by atoms with Gasteiger partial charge in [0.15, 0.2) is 5.75 Å². The smallest absolute Gasteiger partial charge is 0.164 e. The molecule has 1 aromatic carbocycles. The van der Waals surface area contributed by atoms with Crippen LogP contribution in [0.5, 0.6) is 11.5 Å². The minimum Gasteiger partial charge on any atom is -0.454 e. The summed E-state index contributed by atoms with van der Waals surface area (Å²) >= 11 is 5.92. The fourth-order valence-corrected chi connectivity index (χ4v) is 2.52. The van der Waals surface area contributed by atoms with Crippen LogP contribution in [0.25, 0.3) is 0 Å². The lowest BCUT2D eigenvalue weighted by Gasteiger charge is -2.21. The van der Waals surface area contributed by atoms with Crippen LogP contribution in [-0.4, -0.2) is 23.1 Å². The summed E-state index contributed by atoms with van der Waals surface area (Å²) < 4.78 is 5.68. The molecule has 0 radical (unpaired) electrons. The van der Waals surface area contributed by atoms with E-state index in [4.69, 9.17) is 16.3 Å². The van der Waals surface area contributed by atoms with Crippen LogP contribution in [0.4, 0.5) is 0 Å². The zero-order valence-corrected chi connectivity index (χ0v) is 11.8. The highest BCUT2D eigenvalue weighted by Crippen LogP contribution is 2.25. The van der Waals surface area contributed by atoms with Crippen LogP contribution in [0.1, 0.15) is 24.6 Å². The lowest BCUT2D eigenvalue weighted by Crippen LogP contribution is -2.27. The van der Waals surface area contributed by atoms with Crippen LogP contribution >= 0.6 is 11.6 Å². The molecule has 0 aliphatic carbocycles. The molecule has 0 amide bonds. The van der Waals surface area contributed by atoms with Crippen LogP contribution in [-0.2, 0) is 0 Å². The maximum absolute atomic E-state index is 5.92. The van der Waals surface area contributed by atoms with Gasteiger partial charge in [0.2, 0.25) is 0 Å². The van der Waals surface area contributed by atoms with Crippen LogP contribution in [0, 0.1) is 0 Å². The number of benzene rings is 1. The van der Waals surface area contributed by atoms with Gasteiger partial charge in [-0.05, 0) is 44.1 Å². The number of nitrogens with zero attached hydrogens (tertiary/aromatic N) is 2. The Morgan fingerprint density at radius 1 is 1.10 bits per heavy atom. The average Bonchev–Trinajstić information content (AvgIpc) is 2.49. The van der Waals surface area contributed by atoms with Crippen molar-refractivity contribution in [2.75, 3.05) is 13.1 Å². The number of nitrogens with one attached hydrogen (secondary N) is 1. The van der Waals surface area contributed by atoms with Crippen molar-refractivity contribution in [2.24, 2.45) is 0 Å². The van der Waals surface area contributed by atoms with Crippen molar-refractivity contribution >= 4 is 11.6 Å². The van der Waals surface area contributed by atoms with E-state index in [1.54, 1.807) is 18.5 Å². The summed E-state index contributed by atoms with van der Waals surface area (Å²) in [5, 5.41) is 3.99. The second-order valence-corrected chi connectivity index (χ2v) is 5.30. The molecule has 0 atom stereocenters. The fourth-order valence-electron chi connectivity index (χ4n) is 2.34. The Hall–Kier alpha value is -1.65. The second-order valence-electron chi connectivity index (χ2n) is 4.86. The molecule has 104 valence electrons. The first-order chi connectivity index (χ1) is 9.81. The van der Waals surface area contributed by atoms with Crippen molar-refractivity contribution in [2.45, 2.75) is 18.8 Å². The third-order valence-electron chi connectivity index (χ3n) is 3.38. The lowest BCUT2D eigenvalue weighted by atomic mass is 9.97. The molecule has 1 aliphatic heterocycles. The predicted octanol–water partition coefficient (Wildman–Crippen LogP) is 3.39. The van der Waals surface area contributed by atoms with Gasteiger partial charge in [-0.2, -0.15) is 0 Å². The summed E-state index contributed by atoms with van der Waals surface area (Å²) in [7, 11) is 0. The molecule has 1 aromatic heterocycles. The van der Waals surface area contributed by atoms with E-state index in [0.29, 0.717) is 22.4 Å². The van der Waals surface area contributed by atoms with Crippen molar-refractivity contribution < 1.29 is 4.74 Å². The van der Waals surface area contributed by atoms with Gasteiger partial charge in [-0.3, -0.25) is 0 Å². The van der Waals surface area contributed by atoms with Gasteiger partial charge in [-0.15, -0.1) is 0 Å². The Kier molecular flexibility index (Phi) is 4.14. The highest BCUT2D eigenvalue weighted by molar-refractivity contribution is 6.30. The summed E-state index contributed by atoms with van der Waals surface area (Å²) in [6, 6.07) is 7.28. The van der Waals surface area contributed by atoms with Crippen molar-refractivity contribution in [3.63, 3.8) is 0 Å². The maximum atomic E-state index is 5.92. The SMILES string of the molecule is Clc1cccc(Oc2cnc(C3CCNCC3)nc2)c1. The first-order valence-corrected chi connectivity index (χ1v) is 7.15. The minimum absolute atomic E-state index is 0.455. The predicted molar refractivity (Wildman–Crippen MR) is 78.4 cm³/mol. The van der Waals surface area contributed by atoms with E-state index in [0.717, 1.165) is 31.8 Å². The van der Waals surface area contributed by atoms with Crippen molar-refractivity contribution in [1.29, 1.82) is 0 Å². The Morgan fingerprint density at radius 2 is 1.85 bits per heavy atom. The van der Waals surface area contributed by atoms with Crippen molar-refractivity contribution in [3.05, 3.63) is 47.5 Å². The number of ether oxygens (including phenoxy) is 1. The highest BCUT2D eigenvalue weighted by Gasteiger charge is 2.17. The molecule has 1 N–H and O–H groups in total. The van der Waals surface area contributed by atoms with Gasteiger partial charge in [0.25, 0.3) is 0 Å². The molecule has 0 spiro atoms. The number of piperidine rings is 1. The van der Waals surface area contributed by atoms with E-state index < -0.39 is 0 Å². The minimum atomic E-state index is 0.455. The van der Waals surface area contributed by atoms with Gasteiger partial charge in [0.1, 0.15) is 11.6 Å². The van der Waals surface area contributed by atoms with Gasteiger partial charge in [-0.1, -0.05) is 17.7 Å². The van der Waals surface area contributed by atoms with Crippen LogP contribution < -0.4 is 10.1 Å². The third-order valence-corrected chi connectivity index (χ3v) is 3.62. The number of halogens is 1. The molecular weight excluding hydrogens is 274 g/mol. The Balaban J connectivity index is 1.69. The van der Waals surface area contributed by atoms with Crippen LogP contribution in [0.3, 0.4) is 0 Å². The number of hydrogen-bond acceptors (Lipinski definition) is 4. The zero-order chi connectivity index (χ0) is 13.8. The molecule has 3 rings (SSSR count). The van der Waals surface area contributed by atoms with Gasteiger partial charge in [0.05, 0.1) is 12.4 Å². The molecule has 0 saturated carbocycles. The van der Waals surface area contributed by atoms with E-state index in [2.05, 4.69) is 15.3 Å². The molecule has 5 heteroatoms. The quantitative estimate of drug-likeness (QED) is 0.941. The van der Waals surface area contributed by atoms with E-state index in [1.165, 1.54) is 0 Å². The van der Waals surface area contributed by atoms with Gasteiger partial charge in [0, 0.05) is 10.9 Å². The number of hydrogen-bond donors (Lipinski definition) is 1. The first-order valence-electron chi connectivity index (χ1n) is 6.77. The zero-order valence-electron chi connectivity index (χ0n) is 11.1. The highest BCUT2D eigenvalue weighted by atomic mass is 35.5. The molecule has 0 bridgehead atoms. The molecule has 2 heterocycles. The van der Waals surface area contributed by atoms with Crippen molar-refractivity contribution in [1.82, 2.24) is 15.3 Å². The number of rotatable bonds is 3. The summed E-state index contributed by atoms with van der Waals surface area (Å²) in [6.45, 7) is 2.07. The lowest BCUT2D eigenvalue weighted by molar-refractivity contribution is 0.438. The molecule has 1 saturated heterocycles. The Bertz CT molecular complexity index is 568. The monoisotopic (exact) mass is 289 g/mol. The second kappa shape index (κ2) is 6.20. The molecule has 1 aliphatic rings. The summed E-state index contributed by atoms with van der Waals surface area (Å²) in [6.07, 6.45) is 5.64. The molecule has 2 aromatic rings. The first kappa shape index (κ1) is 13.3. The average molecular weight is 290 g/mol. The maximum Gasteiger partial charge on any atom is 0.164 e. The summed E-state index contributed by atoms with van der Waals surface area (Å²) in [5.41, 5.74) is 0. The van der Waals surface area contributed by atoms with E-state index in [9.17, 15) is 0 Å². The van der Waals surface area contributed by atoms with Gasteiger partial charge >= 0.3 is 0 Å². The molecule has 1 fully saturated rings. The van der Waals surface area contributed by atoms with E-state index in [-0.39, 0.29) is 0 Å². The van der Waals surface area contributed by atoms with Gasteiger partial charge in [-0.25, -0.2) is 9.97 Å². The Labute approximate surface area is 123 Å². The summed E-state index contributed by atoms with van der Waals surface area (Å²) in [4.78, 5) is 8.85.